The van der Waals surface area contributed by atoms with Gasteiger partial charge in [-0.2, -0.15) is 5.10 Å². The number of benzene rings is 1. The molecule has 1 atom stereocenters. The fourth-order valence-electron chi connectivity index (χ4n) is 3.49. The summed E-state index contributed by atoms with van der Waals surface area (Å²) in [6.45, 7) is 2.98. The van der Waals surface area contributed by atoms with E-state index in [1.54, 1.807) is 11.7 Å². The monoisotopic (exact) mass is 357 g/mol. The summed E-state index contributed by atoms with van der Waals surface area (Å²) in [7, 11) is 1.72. The van der Waals surface area contributed by atoms with Crippen molar-refractivity contribution >= 4 is 23.1 Å². The first-order valence-electron chi connectivity index (χ1n) is 8.82. The number of piperidine rings is 1. The lowest BCUT2D eigenvalue weighted by atomic mass is 9.97. The highest BCUT2D eigenvalue weighted by Gasteiger charge is 2.34. The molecule has 1 saturated heterocycles. The molecule has 3 rings (SSSR count). The topological polar surface area (TPSA) is 93.3 Å². The molecule has 1 aliphatic rings. The molecule has 1 unspecified atom stereocenters. The van der Waals surface area contributed by atoms with Crippen molar-refractivity contribution < 1.29 is 9.72 Å². The Morgan fingerprint density at radius 2 is 2.12 bits per heavy atom. The smallest absolute Gasteiger partial charge is 0.334 e. The molecule has 2 heterocycles. The van der Waals surface area contributed by atoms with Crippen LogP contribution in [0.2, 0.25) is 0 Å². The molecule has 0 radical (unpaired) electrons. The number of hydrogen-bond acceptors (Lipinski definition) is 5. The lowest BCUT2D eigenvalue weighted by Crippen LogP contribution is -2.41. The highest BCUT2D eigenvalue weighted by molar-refractivity contribution is 5.93. The van der Waals surface area contributed by atoms with E-state index in [-0.39, 0.29) is 22.4 Å². The van der Waals surface area contributed by atoms with Gasteiger partial charge in [-0.05, 0) is 31.4 Å². The Hall–Kier alpha value is -2.90. The van der Waals surface area contributed by atoms with E-state index < -0.39 is 0 Å². The van der Waals surface area contributed by atoms with Crippen molar-refractivity contribution in [3.05, 3.63) is 46.1 Å². The van der Waals surface area contributed by atoms with Gasteiger partial charge in [0.15, 0.2) is 0 Å². The van der Waals surface area contributed by atoms with Crippen LogP contribution in [0.4, 0.5) is 17.2 Å². The molecule has 1 aromatic heterocycles. The van der Waals surface area contributed by atoms with Gasteiger partial charge in [0.05, 0.1) is 10.8 Å². The summed E-state index contributed by atoms with van der Waals surface area (Å²) in [5.74, 6) is 0.217. The van der Waals surface area contributed by atoms with Crippen LogP contribution >= 0.6 is 0 Å². The zero-order valence-electron chi connectivity index (χ0n) is 15.0. The number of nitro groups is 1. The van der Waals surface area contributed by atoms with Crippen LogP contribution < -0.4 is 10.2 Å². The predicted molar refractivity (Wildman–Crippen MR) is 99.2 cm³/mol. The normalized spacial score (nSPS) is 17.2. The Morgan fingerprint density at radius 3 is 2.77 bits per heavy atom. The van der Waals surface area contributed by atoms with Crippen LogP contribution in [0.15, 0.2) is 30.3 Å². The minimum Gasteiger partial charge on any atom is -0.350 e. The first-order chi connectivity index (χ1) is 12.5. The van der Waals surface area contributed by atoms with Crippen LogP contribution in [0.3, 0.4) is 0 Å². The van der Waals surface area contributed by atoms with Crippen molar-refractivity contribution in [1.82, 2.24) is 9.78 Å². The van der Waals surface area contributed by atoms with Crippen molar-refractivity contribution in [2.24, 2.45) is 13.0 Å². The fraction of sp³-hybridized carbons (Fsp3) is 0.444. The van der Waals surface area contributed by atoms with E-state index in [2.05, 4.69) is 10.4 Å². The van der Waals surface area contributed by atoms with Crippen molar-refractivity contribution in [2.75, 3.05) is 23.3 Å². The number of para-hydroxylation sites is 1. The zero-order chi connectivity index (χ0) is 18.7. The number of nitrogens with zero attached hydrogens (tertiary/aromatic N) is 4. The maximum absolute atomic E-state index is 12.6. The van der Waals surface area contributed by atoms with Gasteiger partial charge in [-0.25, -0.2) is 4.68 Å². The molecule has 1 N–H and O–H groups in total. The minimum absolute atomic E-state index is 0.0542. The van der Waals surface area contributed by atoms with E-state index in [0.717, 1.165) is 18.5 Å². The zero-order valence-corrected chi connectivity index (χ0v) is 15.0. The average molecular weight is 357 g/mol. The van der Waals surface area contributed by atoms with E-state index in [4.69, 9.17) is 0 Å². The second kappa shape index (κ2) is 7.55. The Labute approximate surface area is 151 Å². The third-order valence-electron chi connectivity index (χ3n) is 4.71. The molecule has 26 heavy (non-hydrogen) atoms. The number of amides is 1. The molecule has 8 nitrogen and oxygen atoms in total. The van der Waals surface area contributed by atoms with Gasteiger partial charge in [0, 0.05) is 25.8 Å². The standard InChI is InChI=1S/C18H23N5O3/c1-3-15-16(23(25)26)18(21(2)20-15)22-11-7-8-13(12-22)17(24)19-14-9-5-4-6-10-14/h4-6,9-10,13H,3,7-8,11-12H2,1-2H3,(H,19,24). The van der Waals surface area contributed by atoms with Crippen molar-refractivity contribution in [2.45, 2.75) is 26.2 Å². The summed E-state index contributed by atoms with van der Waals surface area (Å²) in [6, 6.07) is 9.32. The predicted octanol–water partition coefficient (Wildman–Crippen LogP) is 2.75. The third kappa shape index (κ3) is 3.54. The summed E-state index contributed by atoms with van der Waals surface area (Å²) in [6.07, 6.45) is 2.06. The van der Waals surface area contributed by atoms with E-state index >= 15 is 0 Å². The lowest BCUT2D eigenvalue weighted by molar-refractivity contribution is -0.384. The Kier molecular flexibility index (Phi) is 5.20. The number of nitrogens with one attached hydrogen (secondary N) is 1. The Balaban J connectivity index is 1.80. The first-order valence-corrected chi connectivity index (χ1v) is 8.82. The van der Waals surface area contributed by atoms with Gasteiger partial charge < -0.3 is 10.2 Å². The number of aromatic nitrogens is 2. The second-order valence-electron chi connectivity index (χ2n) is 6.49. The quantitative estimate of drug-likeness (QED) is 0.656. The molecule has 138 valence electrons. The van der Waals surface area contributed by atoms with Crippen LogP contribution in [-0.4, -0.2) is 33.7 Å². The fourth-order valence-corrected chi connectivity index (χ4v) is 3.49. The van der Waals surface area contributed by atoms with Gasteiger partial charge in [-0.3, -0.25) is 14.9 Å². The molecule has 1 aromatic carbocycles. The SMILES string of the molecule is CCc1nn(C)c(N2CCCC(C(=O)Nc3ccccc3)C2)c1[N+](=O)[O-]. The average Bonchev–Trinajstić information content (AvgIpc) is 2.99. The van der Waals surface area contributed by atoms with Crippen molar-refractivity contribution in [1.29, 1.82) is 0 Å². The van der Waals surface area contributed by atoms with Crippen LogP contribution in [0.1, 0.15) is 25.5 Å². The summed E-state index contributed by atoms with van der Waals surface area (Å²) < 4.78 is 1.56. The molecule has 8 heteroatoms. The van der Waals surface area contributed by atoms with E-state index in [9.17, 15) is 14.9 Å². The minimum atomic E-state index is -0.366. The molecule has 1 amide bonds. The van der Waals surface area contributed by atoms with Gasteiger partial charge in [0.1, 0.15) is 5.69 Å². The maximum atomic E-state index is 12.6. The third-order valence-corrected chi connectivity index (χ3v) is 4.71. The van der Waals surface area contributed by atoms with E-state index in [0.29, 0.717) is 31.0 Å². The van der Waals surface area contributed by atoms with Gasteiger partial charge in [-0.15, -0.1) is 0 Å². The number of rotatable bonds is 5. The lowest BCUT2D eigenvalue weighted by Gasteiger charge is -2.32. The molecule has 1 aliphatic heterocycles. The molecule has 0 saturated carbocycles. The number of carbonyl (C=O) groups excluding carboxylic acids is 1. The van der Waals surface area contributed by atoms with Crippen LogP contribution in [0.25, 0.3) is 0 Å². The molecule has 0 bridgehead atoms. The van der Waals surface area contributed by atoms with Crippen LogP contribution in [-0.2, 0) is 18.3 Å². The van der Waals surface area contributed by atoms with Crippen LogP contribution in [0, 0.1) is 16.0 Å². The van der Waals surface area contributed by atoms with E-state index in [1.807, 2.05) is 42.2 Å². The largest absolute Gasteiger partial charge is 0.350 e. The molecule has 2 aromatic rings. The summed E-state index contributed by atoms with van der Waals surface area (Å²) in [5.41, 5.74) is 1.29. The molecular formula is C18H23N5O3. The highest BCUT2D eigenvalue weighted by atomic mass is 16.6. The van der Waals surface area contributed by atoms with Crippen molar-refractivity contribution in [3.8, 4) is 0 Å². The van der Waals surface area contributed by atoms with Gasteiger partial charge in [-0.1, -0.05) is 25.1 Å². The molecule has 0 spiro atoms. The molecular weight excluding hydrogens is 334 g/mol. The van der Waals surface area contributed by atoms with Crippen LogP contribution in [0.5, 0.6) is 0 Å². The van der Waals surface area contributed by atoms with Gasteiger partial charge in [0.25, 0.3) is 0 Å². The number of hydrogen-bond donors (Lipinski definition) is 1. The Morgan fingerprint density at radius 1 is 1.38 bits per heavy atom. The molecule has 1 fully saturated rings. The van der Waals surface area contributed by atoms with Gasteiger partial charge in [0.2, 0.25) is 11.7 Å². The number of anilines is 2. The first kappa shape index (κ1) is 17.9. The number of aryl methyl sites for hydroxylation is 2. The molecule has 0 aliphatic carbocycles. The highest BCUT2D eigenvalue weighted by Crippen LogP contribution is 2.34. The summed E-state index contributed by atoms with van der Waals surface area (Å²) in [4.78, 5) is 25.7. The van der Waals surface area contributed by atoms with Gasteiger partial charge >= 0.3 is 5.69 Å². The maximum Gasteiger partial charge on any atom is 0.334 e. The summed E-state index contributed by atoms with van der Waals surface area (Å²) >= 11 is 0. The number of carbonyl (C=O) groups is 1. The summed E-state index contributed by atoms with van der Waals surface area (Å²) in [5, 5.41) is 18.8. The Bertz CT molecular complexity index is 803. The van der Waals surface area contributed by atoms with Crippen molar-refractivity contribution in [3.63, 3.8) is 0 Å². The second-order valence-corrected chi connectivity index (χ2v) is 6.49. The van der Waals surface area contributed by atoms with E-state index in [1.165, 1.54) is 0 Å².